The van der Waals surface area contributed by atoms with Crippen molar-refractivity contribution in [3.05, 3.63) is 48.0 Å². The van der Waals surface area contributed by atoms with E-state index in [0.717, 1.165) is 12.1 Å². The van der Waals surface area contributed by atoms with E-state index in [9.17, 15) is 21.6 Å². The summed E-state index contributed by atoms with van der Waals surface area (Å²) in [5.41, 5.74) is -0.270. The number of sulfonamides is 1. The van der Waals surface area contributed by atoms with Crippen LogP contribution in [0.5, 0.6) is 0 Å². The van der Waals surface area contributed by atoms with Gasteiger partial charge >= 0.3 is 6.18 Å². The molecule has 2 atom stereocenters. The Bertz CT molecular complexity index is 650. The van der Waals surface area contributed by atoms with Crippen LogP contribution in [0.2, 0.25) is 0 Å². The van der Waals surface area contributed by atoms with E-state index in [4.69, 9.17) is 4.74 Å². The summed E-state index contributed by atoms with van der Waals surface area (Å²) in [6, 6.07) is 3.94. The minimum Gasteiger partial charge on any atom is -0.380 e. The summed E-state index contributed by atoms with van der Waals surface area (Å²) in [4.78, 5) is 0. The molecule has 0 bridgehead atoms. The van der Waals surface area contributed by atoms with Crippen LogP contribution in [0.3, 0.4) is 0 Å². The van der Waals surface area contributed by atoms with Crippen LogP contribution >= 0.6 is 0 Å². The molecule has 0 aromatic heterocycles. The van der Waals surface area contributed by atoms with E-state index in [2.05, 4.69) is 11.3 Å². The number of halogens is 3. The predicted molar refractivity (Wildman–Crippen MR) is 84.9 cm³/mol. The van der Waals surface area contributed by atoms with Gasteiger partial charge in [0.05, 0.1) is 12.2 Å². The van der Waals surface area contributed by atoms with Crippen molar-refractivity contribution in [2.45, 2.75) is 36.7 Å². The zero-order valence-electron chi connectivity index (χ0n) is 13.1. The molecule has 0 spiro atoms. The Morgan fingerprint density at radius 2 is 2.00 bits per heavy atom. The molecule has 0 aliphatic carbocycles. The van der Waals surface area contributed by atoms with Gasteiger partial charge in [0.1, 0.15) is 5.25 Å². The first kappa shape index (κ1) is 19.0. The fraction of sp³-hybridized carbons (Fsp3) is 0.500. The Morgan fingerprint density at radius 1 is 1.33 bits per heavy atom. The van der Waals surface area contributed by atoms with Gasteiger partial charge in [-0.1, -0.05) is 18.2 Å². The minimum absolute atomic E-state index is 0.135. The van der Waals surface area contributed by atoms with Crippen molar-refractivity contribution in [2.75, 3.05) is 13.2 Å². The van der Waals surface area contributed by atoms with Crippen LogP contribution in [0.1, 0.15) is 36.4 Å². The third-order valence-electron chi connectivity index (χ3n) is 3.93. The number of allylic oxidation sites excluding steroid dienone is 1. The normalized spacial score (nSPS) is 20.0. The molecular formula is C16H20F3NO3S. The van der Waals surface area contributed by atoms with Crippen molar-refractivity contribution in [1.29, 1.82) is 0 Å². The number of nitrogens with one attached hydrogen (secondary N) is 1. The van der Waals surface area contributed by atoms with E-state index in [1.807, 2.05) is 0 Å². The van der Waals surface area contributed by atoms with Crippen molar-refractivity contribution < 1.29 is 26.3 Å². The molecule has 1 fully saturated rings. The van der Waals surface area contributed by atoms with Crippen molar-refractivity contribution in [3.8, 4) is 0 Å². The van der Waals surface area contributed by atoms with Crippen molar-refractivity contribution in [1.82, 2.24) is 4.72 Å². The first-order valence-electron chi connectivity index (χ1n) is 7.61. The molecule has 24 heavy (non-hydrogen) atoms. The summed E-state index contributed by atoms with van der Waals surface area (Å²) in [5.74, 6) is 0. The first-order chi connectivity index (χ1) is 11.2. The van der Waals surface area contributed by atoms with Crippen LogP contribution in [0, 0.1) is 0 Å². The largest absolute Gasteiger partial charge is 0.416 e. The lowest BCUT2D eigenvalue weighted by molar-refractivity contribution is -0.137. The molecule has 0 amide bonds. The van der Waals surface area contributed by atoms with Gasteiger partial charge in [-0.3, -0.25) is 0 Å². The van der Waals surface area contributed by atoms with E-state index in [-0.39, 0.29) is 6.61 Å². The zero-order valence-corrected chi connectivity index (χ0v) is 13.9. The summed E-state index contributed by atoms with van der Waals surface area (Å²) >= 11 is 0. The van der Waals surface area contributed by atoms with Gasteiger partial charge < -0.3 is 4.74 Å². The van der Waals surface area contributed by atoms with Gasteiger partial charge in [0.2, 0.25) is 10.0 Å². The first-order valence-corrected chi connectivity index (χ1v) is 9.15. The lowest BCUT2D eigenvalue weighted by Crippen LogP contribution is -2.37. The highest BCUT2D eigenvalue weighted by atomic mass is 32.2. The predicted octanol–water partition coefficient (Wildman–Crippen LogP) is 3.42. The number of ether oxygens (including phenoxy) is 1. The standard InChI is InChI=1S/C16H20F3NO3S/c1-2-3-4-15(20-24(21,22)14-9-10-23-11-14)12-5-7-13(8-6-12)16(17,18)19/h2,5-8,14-15,20H,1,3-4,9-11H2. The summed E-state index contributed by atoms with van der Waals surface area (Å²) in [6.07, 6.45) is -1.41. The lowest BCUT2D eigenvalue weighted by Gasteiger charge is -2.21. The fourth-order valence-corrected chi connectivity index (χ4v) is 4.06. The molecule has 2 unspecified atom stereocenters. The van der Waals surface area contributed by atoms with Gasteiger partial charge in [-0.25, -0.2) is 13.1 Å². The van der Waals surface area contributed by atoms with Crippen molar-refractivity contribution in [2.24, 2.45) is 0 Å². The number of hydrogen-bond acceptors (Lipinski definition) is 3. The Balaban J connectivity index is 2.19. The summed E-state index contributed by atoms with van der Waals surface area (Å²) in [5, 5.41) is -0.627. The second-order valence-electron chi connectivity index (χ2n) is 5.69. The second kappa shape index (κ2) is 7.67. The monoisotopic (exact) mass is 363 g/mol. The highest BCUT2D eigenvalue weighted by Gasteiger charge is 2.33. The minimum atomic E-state index is -4.42. The average molecular weight is 363 g/mol. The van der Waals surface area contributed by atoms with E-state index < -0.39 is 33.1 Å². The second-order valence-corrected chi connectivity index (χ2v) is 7.68. The third-order valence-corrected chi connectivity index (χ3v) is 5.80. The number of hydrogen-bond donors (Lipinski definition) is 1. The number of rotatable bonds is 7. The summed E-state index contributed by atoms with van der Waals surface area (Å²) < 4.78 is 70.5. The molecule has 0 saturated carbocycles. The van der Waals surface area contributed by atoms with E-state index >= 15 is 0 Å². The van der Waals surface area contributed by atoms with Gasteiger partial charge in [-0.15, -0.1) is 6.58 Å². The molecule has 4 nitrogen and oxygen atoms in total. The Hall–Kier alpha value is -1.38. The fourth-order valence-electron chi connectivity index (χ4n) is 2.53. The van der Waals surface area contributed by atoms with Crippen LogP contribution in [0.25, 0.3) is 0 Å². The maximum absolute atomic E-state index is 12.7. The van der Waals surface area contributed by atoms with Crippen LogP contribution < -0.4 is 4.72 Å². The van der Waals surface area contributed by atoms with Crippen molar-refractivity contribution in [3.63, 3.8) is 0 Å². The van der Waals surface area contributed by atoms with Crippen LogP contribution in [-0.2, 0) is 20.9 Å². The number of alkyl halides is 3. The van der Waals surface area contributed by atoms with Crippen LogP contribution in [-0.4, -0.2) is 26.9 Å². The van der Waals surface area contributed by atoms with Gasteiger partial charge in [0, 0.05) is 12.6 Å². The molecule has 1 saturated heterocycles. The molecule has 0 radical (unpaired) electrons. The van der Waals surface area contributed by atoms with Gasteiger partial charge in [0.25, 0.3) is 0 Å². The smallest absolute Gasteiger partial charge is 0.380 e. The average Bonchev–Trinajstić information content (AvgIpc) is 3.06. The maximum Gasteiger partial charge on any atom is 0.416 e. The molecule has 8 heteroatoms. The molecule has 1 aromatic rings. The Morgan fingerprint density at radius 3 is 2.50 bits per heavy atom. The Kier molecular flexibility index (Phi) is 6.06. The zero-order chi connectivity index (χ0) is 17.8. The molecule has 1 N–H and O–H groups in total. The molecule has 1 aliphatic rings. The summed E-state index contributed by atoms with van der Waals surface area (Å²) in [7, 11) is -3.61. The highest BCUT2D eigenvalue weighted by molar-refractivity contribution is 7.90. The quantitative estimate of drug-likeness (QED) is 0.755. The van der Waals surface area contributed by atoms with Crippen LogP contribution in [0.15, 0.2) is 36.9 Å². The van der Waals surface area contributed by atoms with Crippen LogP contribution in [0.4, 0.5) is 13.2 Å². The van der Waals surface area contributed by atoms with E-state index in [1.54, 1.807) is 6.08 Å². The van der Waals surface area contributed by atoms with E-state index in [0.29, 0.717) is 31.4 Å². The van der Waals surface area contributed by atoms with Gasteiger partial charge in [-0.05, 0) is 37.0 Å². The Labute approximate surface area is 139 Å². The SMILES string of the molecule is C=CCCC(NS(=O)(=O)C1CCOC1)c1ccc(C(F)(F)F)cc1. The molecular weight excluding hydrogens is 343 g/mol. The highest BCUT2D eigenvalue weighted by Crippen LogP contribution is 2.31. The molecule has 134 valence electrons. The number of benzene rings is 1. The topological polar surface area (TPSA) is 55.4 Å². The van der Waals surface area contributed by atoms with Gasteiger partial charge in [-0.2, -0.15) is 13.2 Å². The molecule has 2 rings (SSSR count). The van der Waals surface area contributed by atoms with E-state index in [1.165, 1.54) is 12.1 Å². The lowest BCUT2D eigenvalue weighted by atomic mass is 10.0. The molecule has 1 aliphatic heterocycles. The van der Waals surface area contributed by atoms with Gasteiger partial charge in [0.15, 0.2) is 0 Å². The molecule has 1 heterocycles. The van der Waals surface area contributed by atoms with Crippen molar-refractivity contribution >= 4 is 10.0 Å². The third kappa shape index (κ3) is 4.81. The molecule has 1 aromatic carbocycles. The maximum atomic E-state index is 12.7. The summed E-state index contributed by atoms with van der Waals surface area (Å²) in [6.45, 7) is 4.13.